The van der Waals surface area contributed by atoms with Gasteiger partial charge in [-0.2, -0.15) is 0 Å². The summed E-state index contributed by atoms with van der Waals surface area (Å²) < 4.78 is 0. The second-order valence-electron chi connectivity index (χ2n) is 7.30. The van der Waals surface area contributed by atoms with Gasteiger partial charge in [-0.05, 0) is 62.4 Å². The van der Waals surface area contributed by atoms with Crippen molar-refractivity contribution in [1.82, 2.24) is 15.2 Å². The third kappa shape index (κ3) is 4.22. The first kappa shape index (κ1) is 18.2. The van der Waals surface area contributed by atoms with Crippen LogP contribution in [0.5, 0.6) is 0 Å². The first-order valence-corrected chi connectivity index (χ1v) is 10.2. The van der Waals surface area contributed by atoms with E-state index in [1.807, 2.05) is 30.3 Å². The number of nitrogens with one attached hydrogen (secondary N) is 1. The molecule has 27 heavy (non-hydrogen) atoms. The largest absolute Gasteiger partial charge is 0.336 e. The molecule has 2 aromatic rings. The van der Waals surface area contributed by atoms with Crippen molar-refractivity contribution in [3.8, 4) is 0 Å². The van der Waals surface area contributed by atoms with Gasteiger partial charge in [0, 0.05) is 46.4 Å². The highest BCUT2D eigenvalue weighted by molar-refractivity contribution is 7.99. The van der Waals surface area contributed by atoms with Crippen LogP contribution in [0.4, 0.5) is 0 Å². The standard InChI is InChI=1S/C21H23N3O2S/c1-14(25)17-11-19(13-22-12-17)27-18-4-2-16(3-5-18)21(26)23-20-10-15-6-8-24(20)9-7-15/h2-5,11-13,15,20H,6-10H2,1H3,(H,23,26). The van der Waals surface area contributed by atoms with Crippen molar-refractivity contribution in [1.29, 1.82) is 0 Å². The first-order valence-electron chi connectivity index (χ1n) is 9.37. The summed E-state index contributed by atoms with van der Waals surface area (Å²) in [5.41, 5.74) is 1.28. The Morgan fingerprint density at radius 2 is 1.81 bits per heavy atom. The van der Waals surface area contributed by atoms with Crippen LogP contribution >= 0.6 is 11.8 Å². The van der Waals surface area contributed by atoms with Crippen LogP contribution in [-0.2, 0) is 0 Å². The van der Waals surface area contributed by atoms with E-state index < -0.39 is 0 Å². The van der Waals surface area contributed by atoms with Crippen LogP contribution in [0.1, 0.15) is 46.9 Å². The Kier molecular flexibility index (Phi) is 5.27. The van der Waals surface area contributed by atoms with Crippen LogP contribution < -0.4 is 5.32 Å². The number of aromatic nitrogens is 1. The van der Waals surface area contributed by atoms with E-state index in [4.69, 9.17) is 0 Å². The number of benzene rings is 1. The summed E-state index contributed by atoms with van der Waals surface area (Å²) >= 11 is 1.53. The Bertz CT molecular complexity index is 845. The fraction of sp³-hybridized carbons (Fsp3) is 0.381. The number of Topliss-reactive ketones (excluding diaryl/α,β-unsaturated/α-hetero) is 1. The predicted octanol–water partition coefficient (Wildman–Crippen LogP) is 3.61. The van der Waals surface area contributed by atoms with Gasteiger partial charge >= 0.3 is 0 Å². The summed E-state index contributed by atoms with van der Waals surface area (Å²) in [6.45, 7) is 3.73. The minimum absolute atomic E-state index is 0.00382. The van der Waals surface area contributed by atoms with Gasteiger partial charge in [0.2, 0.25) is 0 Å². The SMILES string of the molecule is CC(=O)c1cncc(Sc2ccc(C(=O)NC3CC4CCN3CC4)cc2)c1. The van der Waals surface area contributed by atoms with Gasteiger partial charge in [0.1, 0.15) is 0 Å². The van der Waals surface area contributed by atoms with E-state index in [1.165, 1.54) is 31.5 Å². The van der Waals surface area contributed by atoms with Gasteiger partial charge in [-0.15, -0.1) is 0 Å². The van der Waals surface area contributed by atoms with E-state index in [0.29, 0.717) is 11.1 Å². The zero-order valence-electron chi connectivity index (χ0n) is 15.4. The highest BCUT2D eigenvalue weighted by atomic mass is 32.2. The number of carbonyl (C=O) groups excluding carboxylic acids is 2. The van der Waals surface area contributed by atoms with E-state index in [9.17, 15) is 9.59 Å². The molecule has 1 amide bonds. The molecular weight excluding hydrogens is 358 g/mol. The van der Waals surface area contributed by atoms with Crippen molar-refractivity contribution in [3.05, 3.63) is 53.9 Å². The molecular formula is C21H23N3O2S. The van der Waals surface area contributed by atoms with Gasteiger partial charge in [0.25, 0.3) is 5.91 Å². The normalized spacial score (nSPS) is 23.8. The number of fused-ring (bicyclic) bond motifs is 3. The summed E-state index contributed by atoms with van der Waals surface area (Å²) in [6, 6.07) is 9.43. The van der Waals surface area contributed by atoms with Gasteiger partial charge in [-0.1, -0.05) is 11.8 Å². The summed E-state index contributed by atoms with van der Waals surface area (Å²) in [6.07, 6.45) is 7.09. The second kappa shape index (κ2) is 7.82. The number of ketones is 1. The fourth-order valence-corrected chi connectivity index (χ4v) is 4.67. The minimum Gasteiger partial charge on any atom is -0.336 e. The monoisotopic (exact) mass is 381 g/mol. The van der Waals surface area contributed by atoms with Crippen molar-refractivity contribution in [2.45, 2.75) is 42.1 Å². The maximum atomic E-state index is 12.6. The summed E-state index contributed by atoms with van der Waals surface area (Å²) in [5.74, 6) is 0.756. The molecule has 1 atom stereocenters. The maximum Gasteiger partial charge on any atom is 0.252 e. The molecule has 3 fully saturated rings. The number of rotatable bonds is 5. The third-order valence-corrected chi connectivity index (χ3v) is 6.38. The van der Waals surface area contributed by atoms with Gasteiger partial charge in [-0.25, -0.2) is 0 Å². The average Bonchev–Trinajstić information content (AvgIpc) is 2.69. The van der Waals surface area contributed by atoms with Gasteiger partial charge in [0.05, 0.1) is 6.17 Å². The van der Waals surface area contributed by atoms with Crippen molar-refractivity contribution in [3.63, 3.8) is 0 Å². The highest BCUT2D eigenvalue weighted by Crippen LogP contribution is 2.31. The molecule has 1 aromatic carbocycles. The molecule has 4 heterocycles. The lowest BCUT2D eigenvalue weighted by Crippen LogP contribution is -2.56. The quantitative estimate of drug-likeness (QED) is 0.802. The molecule has 2 bridgehead atoms. The topological polar surface area (TPSA) is 62.3 Å². The van der Waals surface area contributed by atoms with Crippen LogP contribution in [-0.4, -0.2) is 40.8 Å². The Balaban J connectivity index is 1.39. The molecule has 140 valence electrons. The average molecular weight is 382 g/mol. The molecule has 5 nitrogen and oxygen atoms in total. The number of hydrogen-bond donors (Lipinski definition) is 1. The van der Waals surface area contributed by atoms with E-state index in [2.05, 4.69) is 15.2 Å². The molecule has 3 aliphatic rings. The summed E-state index contributed by atoms with van der Waals surface area (Å²) in [5, 5.41) is 3.19. The van der Waals surface area contributed by atoms with Crippen molar-refractivity contribution >= 4 is 23.5 Å². The predicted molar refractivity (Wildman–Crippen MR) is 105 cm³/mol. The number of amides is 1. The minimum atomic E-state index is -0.00987. The molecule has 1 unspecified atom stereocenters. The first-order chi connectivity index (χ1) is 13.1. The molecule has 0 spiro atoms. The Hall–Kier alpha value is -2.18. The third-order valence-electron chi connectivity index (χ3n) is 5.42. The molecule has 0 saturated carbocycles. The van der Waals surface area contributed by atoms with Gasteiger partial charge in [0.15, 0.2) is 5.78 Å². The Labute approximate surface area is 163 Å². The molecule has 1 aromatic heterocycles. The van der Waals surface area contributed by atoms with Crippen LogP contribution in [0.15, 0.2) is 52.5 Å². The molecule has 3 saturated heterocycles. The van der Waals surface area contributed by atoms with Crippen LogP contribution in [0.25, 0.3) is 0 Å². The smallest absolute Gasteiger partial charge is 0.252 e. The van der Waals surface area contributed by atoms with Crippen LogP contribution in [0, 0.1) is 5.92 Å². The lowest BCUT2D eigenvalue weighted by molar-refractivity contribution is 0.0295. The molecule has 3 aliphatic heterocycles. The lowest BCUT2D eigenvalue weighted by Gasteiger charge is -2.45. The van der Waals surface area contributed by atoms with E-state index in [0.717, 1.165) is 35.2 Å². The zero-order chi connectivity index (χ0) is 18.8. The fourth-order valence-electron chi connectivity index (χ4n) is 3.83. The van der Waals surface area contributed by atoms with Gasteiger partial charge in [-0.3, -0.25) is 19.5 Å². The Morgan fingerprint density at radius 1 is 1.07 bits per heavy atom. The number of pyridine rings is 1. The molecule has 6 heteroatoms. The number of nitrogens with zero attached hydrogens (tertiary/aromatic N) is 2. The van der Waals surface area contributed by atoms with Gasteiger partial charge < -0.3 is 5.32 Å². The van der Waals surface area contributed by atoms with Crippen LogP contribution in [0.2, 0.25) is 0 Å². The van der Waals surface area contributed by atoms with E-state index >= 15 is 0 Å². The summed E-state index contributed by atoms with van der Waals surface area (Å²) in [7, 11) is 0. The van der Waals surface area contributed by atoms with Crippen molar-refractivity contribution in [2.24, 2.45) is 5.92 Å². The number of piperidine rings is 3. The zero-order valence-corrected chi connectivity index (χ0v) is 16.2. The lowest BCUT2D eigenvalue weighted by atomic mass is 9.86. The molecule has 0 radical (unpaired) electrons. The highest BCUT2D eigenvalue weighted by Gasteiger charge is 2.34. The van der Waals surface area contributed by atoms with E-state index in [1.54, 1.807) is 12.4 Å². The molecule has 1 N–H and O–H groups in total. The van der Waals surface area contributed by atoms with E-state index in [-0.39, 0.29) is 17.9 Å². The maximum absolute atomic E-state index is 12.6. The second-order valence-corrected chi connectivity index (χ2v) is 8.44. The number of carbonyl (C=O) groups is 2. The summed E-state index contributed by atoms with van der Waals surface area (Å²) in [4.78, 5) is 32.5. The van der Waals surface area contributed by atoms with Crippen molar-refractivity contribution < 1.29 is 9.59 Å². The number of hydrogen-bond acceptors (Lipinski definition) is 5. The van der Waals surface area contributed by atoms with Crippen molar-refractivity contribution in [2.75, 3.05) is 13.1 Å². The van der Waals surface area contributed by atoms with Crippen LogP contribution in [0.3, 0.4) is 0 Å². The Morgan fingerprint density at radius 3 is 2.44 bits per heavy atom. The molecule has 0 aliphatic carbocycles. The molecule has 5 rings (SSSR count).